The van der Waals surface area contributed by atoms with E-state index in [0.29, 0.717) is 12.8 Å². The summed E-state index contributed by atoms with van der Waals surface area (Å²) in [6.45, 7) is 1.83. The molecule has 4 nitrogen and oxygen atoms in total. The largest absolute Gasteiger partial charge is 0.439 e. The maximum Gasteiger partial charge on any atom is 0.439 e. The molecule has 1 aromatic carbocycles. The van der Waals surface area contributed by atoms with Crippen LogP contribution in [0.2, 0.25) is 5.02 Å². The molecule has 1 saturated carbocycles. The molecule has 2 aliphatic rings. The van der Waals surface area contributed by atoms with E-state index in [0.717, 1.165) is 0 Å². The SMILES string of the molecule is C[C@@H]1CCC2=NN(C(=O)c3ccccc3Cl)[C@@](O)(C(F)(F)F)[C@@H]2C1. The summed E-state index contributed by atoms with van der Waals surface area (Å²) in [7, 11) is 0. The van der Waals surface area contributed by atoms with Gasteiger partial charge in [-0.3, -0.25) is 4.79 Å². The average Bonchev–Trinajstić information content (AvgIpc) is 2.81. The van der Waals surface area contributed by atoms with Crippen LogP contribution in [0.1, 0.15) is 36.5 Å². The number of halogens is 4. The fourth-order valence-electron chi connectivity index (χ4n) is 3.36. The zero-order valence-electron chi connectivity index (χ0n) is 12.8. The van der Waals surface area contributed by atoms with Gasteiger partial charge in [0.1, 0.15) is 0 Å². The fourth-order valence-corrected chi connectivity index (χ4v) is 3.58. The van der Waals surface area contributed by atoms with Crippen molar-refractivity contribution < 1.29 is 23.1 Å². The van der Waals surface area contributed by atoms with Crippen LogP contribution < -0.4 is 0 Å². The number of benzene rings is 1. The highest BCUT2D eigenvalue weighted by Crippen LogP contribution is 2.49. The van der Waals surface area contributed by atoms with Crippen molar-refractivity contribution in [1.82, 2.24) is 5.01 Å². The maximum atomic E-state index is 13.7. The highest BCUT2D eigenvalue weighted by atomic mass is 35.5. The Morgan fingerprint density at radius 2 is 2.08 bits per heavy atom. The Balaban J connectivity index is 2.07. The molecule has 1 aliphatic heterocycles. The molecule has 8 heteroatoms. The highest BCUT2D eigenvalue weighted by Gasteiger charge is 2.68. The van der Waals surface area contributed by atoms with Gasteiger partial charge in [-0.15, -0.1) is 0 Å². The number of hydrogen-bond acceptors (Lipinski definition) is 3. The van der Waals surface area contributed by atoms with Crippen molar-refractivity contribution in [1.29, 1.82) is 0 Å². The Bertz CT molecular complexity index is 707. The minimum absolute atomic E-state index is 0.00969. The Morgan fingerprint density at radius 3 is 2.71 bits per heavy atom. The summed E-state index contributed by atoms with van der Waals surface area (Å²) in [5.41, 5.74) is -3.25. The van der Waals surface area contributed by atoms with Crippen LogP contribution in [0.4, 0.5) is 13.2 Å². The summed E-state index contributed by atoms with van der Waals surface area (Å²) in [5, 5.41) is 14.6. The third-order valence-electron chi connectivity index (χ3n) is 4.68. The molecular formula is C16H16ClF3N2O2. The number of hydrazone groups is 1. The quantitative estimate of drug-likeness (QED) is 0.827. The summed E-state index contributed by atoms with van der Waals surface area (Å²) in [4.78, 5) is 12.6. The molecule has 3 atom stereocenters. The molecule has 0 unspecified atom stereocenters. The van der Waals surface area contributed by atoms with Crippen molar-refractivity contribution in [2.45, 2.75) is 38.1 Å². The van der Waals surface area contributed by atoms with Gasteiger partial charge in [0.25, 0.3) is 11.6 Å². The molecule has 1 fully saturated rings. The third kappa shape index (κ3) is 2.50. The van der Waals surface area contributed by atoms with Gasteiger partial charge in [-0.2, -0.15) is 23.3 Å². The van der Waals surface area contributed by atoms with Gasteiger partial charge in [-0.25, -0.2) is 0 Å². The average molecular weight is 361 g/mol. The molecule has 0 bridgehead atoms. The predicted octanol–water partition coefficient (Wildman–Crippen LogP) is 3.84. The summed E-state index contributed by atoms with van der Waals surface area (Å²) < 4.78 is 41.2. The number of carbonyl (C=O) groups excluding carboxylic acids is 1. The van der Waals surface area contributed by atoms with E-state index in [2.05, 4.69) is 5.10 Å². The number of hydrogen-bond donors (Lipinski definition) is 1. The van der Waals surface area contributed by atoms with Crippen molar-refractivity contribution >= 4 is 23.2 Å². The molecule has 24 heavy (non-hydrogen) atoms. The van der Waals surface area contributed by atoms with Crippen molar-refractivity contribution in [3.05, 3.63) is 34.9 Å². The number of nitrogens with zero attached hydrogens (tertiary/aromatic N) is 2. The lowest BCUT2D eigenvalue weighted by Gasteiger charge is -2.39. The van der Waals surface area contributed by atoms with E-state index in [-0.39, 0.29) is 33.6 Å². The van der Waals surface area contributed by atoms with Crippen LogP contribution in [0.15, 0.2) is 29.4 Å². The lowest BCUT2D eigenvalue weighted by atomic mass is 9.76. The van der Waals surface area contributed by atoms with E-state index in [9.17, 15) is 23.1 Å². The highest BCUT2D eigenvalue weighted by molar-refractivity contribution is 6.33. The Labute approximate surface area is 141 Å². The van der Waals surface area contributed by atoms with E-state index in [1.807, 2.05) is 6.92 Å². The van der Waals surface area contributed by atoms with Gasteiger partial charge in [0.2, 0.25) is 0 Å². The first kappa shape index (κ1) is 17.2. The molecule has 0 saturated heterocycles. The number of carbonyl (C=O) groups is 1. The minimum Gasteiger partial charge on any atom is -0.362 e. The molecule has 1 aromatic rings. The van der Waals surface area contributed by atoms with E-state index in [4.69, 9.17) is 11.6 Å². The first-order chi connectivity index (χ1) is 11.2. The number of aliphatic hydroxyl groups is 1. The van der Waals surface area contributed by atoms with E-state index in [1.165, 1.54) is 18.2 Å². The van der Waals surface area contributed by atoms with Gasteiger partial charge in [-0.05, 0) is 37.3 Å². The molecule has 3 rings (SSSR count). The van der Waals surface area contributed by atoms with Crippen molar-refractivity contribution in [3.63, 3.8) is 0 Å². The monoisotopic (exact) mass is 360 g/mol. The predicted molar refractivity (Wildman–Crippen MR) is 82.6 cm³/mol. The fraction of sp³-hybridized carbons (Fsp3) is 0.500. The zero-order chi connectivity index (χ0) is 17.7. The van der Waals surface area contributed by atoms with E-state index < -0.39 is 23.7 Å². The molecule has 0 aromatic heterocycles. The Morgan fingerprint density at radius 1 is 1.42 bits per heavy atom. The second-order valence-corrected chi connectivity index (χ2v) is 6.75. The molecule has 1 heterocycles. The van der Waals surface area contributed by atoms with E-state index in [1.54, 1.807) is 6.07 Å². The zero-order valence-corrected chi connectivity index (χ0v) is 13.6. The van der Waals surface area contributed by atoms with Crippen LogP contribution in [0.5, 0.6) is 0 Å². The van der Waals surface area contributed by atoms with Crippen LogP contribution in [0, 0.1) is 11.8 Å². The molecule has 1 N–H and O–H groups in total. The summed E-state index contributed by atoms with van der Waals surface area (Å²) in [6, 6.07) is 5.77. The topological polar surface area (TPSA) is 52.9 Å². The summed E-state index contributed by atoms with van der Waals surface area (Å²) in [6.07, 6.45) is -3.90. The molecule has 1 amide bonds. The van der Waals surface area contributed by atoms with Crippen molar-refractivity contribution in [2.24, 2.45) is 16.9 Å². The van der Waals surface area contributed by atoms with Gasteiger partial charge in [0.15, 0.2) is 0 Å². The number of fused-ring (bicyclic) bond motifs is 1. The van der Waals surface area contributed by atoms with Crippen LogP contribution in [0.3, 0.4) is 0 Å². The van der Waals surface area contributed by atoms with Gasteiger partial charge in [-0.1, -0.05) is 30.7 Å². The Kier molecular flexibility index (Phi) is 4.12. The van der Waals surface area contributed by atoms with Crippen LogP contribution in [-0.4, -0.2) is 33.6 Å². The van der Waals surface area contributed by atoms with Crippen molar-refractivity contribution in [3.8, 4) is 0 Å². The second-order valence-electron chi connectivity index (χ2n) is 6.34. The first-order valence-corrected chi connectivity index (χ1v) is 7.99. The number of amides is 1. The van der Waals surface area contributed by atoms with Crippen LogP contribution in [0.25, 0.3) is 0 Å². The normalized spacial score (nSPS) is 30.1. The Hall–Kier alpha value is -1.60. The number of rotatable bonds is 1. The molecule has 1 aliphatic carbocycles. The number of alkyl halides is 3. The minimum atomic E-state index is -5.03. The van der Waals surface area contributed by atoms with Gasteiger partial charge in [0, 0.05) is 5.71 Å². The molecular weight excluding hydrogens is 345 g/mol. The molecule has 0 spiro atoms. The lowest BCUT2D eigenvalue weighted by Crippen LogP contribution is -2.61. The smallest absolute Gasteiger partial charge is 0.362 e. The van der Waals surface area contributed by atoms with Crippen LogP contribution >= 0.6 is 11.6 Å². The standard InChI is InChI=1S/C16H16ClF3N2O2/c1-9-6-7-13-11(8-9)15(24,16(18,19)20)22(21-13)14(23)10-4-2-3-5-12(10)17/h2-5,9,11,24H,6-8H2,1H3/t9-,11-,15+/m1/s1. The molecule has 130 valence electrons. The summed E-state index contributed by atoms with van der Waals surface area (Å²) in [5.74, 6) is -2.29. The third-order valence-corrected chi connectivity index (χ3v) is 5.01. The van der Waals surface area contributed by atoms with Gasteiger partial charge in [0.05, 0.1) is 16.5 Å². The maximum absolute atomic E-state index is 13.7. The molecule has 0 radical (unpaired) electrons. The van der Waals surface area contributed by atoms with E-state index >= 15 is 0 Å². The van der Waals surface area contributed by atoms with Crippen LogP contribution in [-0.2, 0) is 0 Å². The van der Waals surface area contributed by atoms with Crippen molar-refractivity contribution in [2.75, 3.05) is 0 Å². The van der Waals surface area contributed by atoms with Gasteiger partial charge < -0.3 is 5.11 Å². The second kappa shape index (κ2) is 5.74. The van der Waals surface area contributed by atoms with Gasteiger partial charge >= 0.3 is 6.18 Å². The first-order valence-electron chi connectivity index (χ1n) is 7.61. The lowest BCUT2D eigenvalue weighted by molar-refractivity contribution is -0.313. The summed E-state index contributed by atoms with van der Waals surface area (Å²) >= 11 is 5.92.